The highest BCUT2D eigenvalue weighted by atomic mass is 16.5. The molecule has 4 nitrogen and oxygen atoms in total. The number of amides is 1. The largest absolute Gasteiger partial charge is 0.386 e. The van der Waals surface area contributed by atoms with Crippen LogP contribution in [0.5, 0.6) is 0 Å². The maximum atomic E-state index is 9.84. The quantitative estimate of drug-likeness (QED) is 0.495. The first-order chi connectivity index (χ1) is 4.77. The van der Waals surface area contributed by atoms with Crippen LogP contribution in [0.15, 0.2) is 0 Å². The molecule has 0 saturated carbocycles. The lowest BCUT2D eigenvalue weighted by Crippen LogP contribution is -2.40. The van der Waals surface area contributed by atoms with Crippen molar-refractivity contribution < 1.29 is 14.6 Å². The number of hydrogen-bond acceptors (Lipinski definition) is 3. The second-order valence-corrected chi connectivity index (χ2v) is 2.53. The maximum Gasteiger partial charge on any atom is 0.207 e. The molecule has 1 aliphatic rings. The van der Waals surface area contributed by atoms with Crippen LogP contribution < -0.4 is 5.32 Å². The van der Waals surface area contributed by atoms with Crippen LogP contribution in [0.25, 0.3) is 0 Å². The number of carbonyl (C=O) groups excluding carboxylic acids is 1. The first-order valence-corrected chi connectivity index (χ1v) is 3.24. The fraction of sp³-hybridized carbons (Fsp3) is 0.833. The first kappa shape index (κ1) is 7.50. The molecule has 2 N–H and O–H groups in total. The summed E-state index contributed by atoms with van der Waals surface area (Å²) >= 11 is 0. The van der Waals surface area contributed by atoms with Gasteiger partial charge in [-0.2, -0.15) is 0 Å². The van der Waals surface area contributed by atoms with Crippen LogP contribution in [-0.4, -0.2) is 36.9 Å². The van der Waals surface area contributed by atoms with Crippen LogP contribution in [0.2, 0.25) is 0 Å². The first-order valence-electron chi connectivity index (χ1n) is 3.24. The minimum absolute atomic E-state index is 0.288. The summed E-state index contributed by atoms with van der Waals surface area (Å²) < 4.78 is 4.95. The van der Waals surface area contributed by atoms with Gasteiger partial charge < -0.3 is 15.2 Å². The zero-order valence-corrected chi connectivity index (χ0v) is 5.67. The zero-order valence-electron chi connectivity index (χ0n) is 5.67. The Labute approximate surface area is 59.2 Å². The number of nitrogens with one attached hydrogen (secondary N) is 1. The summed E-state index contributed by atoms with van der Waals surface area (Å²) in [6, 6.07) is 0. The van der Waals surface area contributed by atoms with E-state index < -0.39 is 5.60 Å². The summed E-state index contributed by atoms with van der Waals surface area (Å²) in [7, 11) is 0. The molecule has 0 radical (unpaired) electrons. The standard InChI is InChI=1S/C6H11NO3/c8-5-7-3-6(9)1-2-10-4-6/h5,9H,1-4H2,(H,7,8). The molecule has 0 aromatic heterocycles. The number of rotatable bonds is 3. The lowest BCUT2D eigenvalue weighted by molar-refractivity contribution is -0.110. The van der Waals surface area contributed by atoms with Gasteiger partial charge in [0.1, 0.15) is 5.60 Å². The van der Waals surface area contributed by atoms with E-state index in [2.05, 4.69) is 5.32 Å². The van der Waals surface area contributed by atoms with Crippen molar-refractivity contribution in [3.63, 3.8) is 0 Å². The van der Waals surface area contributed by atoms with E-state index in [0.29, 0.717) is 26.0 Å². The molecule has 1 rings (SSSR count). The molecule has 58 valence electrons. The molecule has 0 spiro atoms. The van der Waals surface area contributed by atoms with E-state index in [1.54, 1.807) is 0 Å². The van der Waals surface area contributed by atoms with E-state index in [9.17, 15) is 9.90 Å². The molecule has 1 atom stereocenters. The highest BCUT2D eigenvalue weighted by molar-refractivity contribution is 5.46. The van der Waals surface area contributed by atoms with Gasteiger partial charge in [-0.25, -0.2) is 0 Å². The van der Waals surface area contributed by atoms with Crippen molar-refractivity contribution in [2.45, 2.75) is 12.0 Å². The summed E-state index contributed by atoms with van der Waals surface area (Å²) in [6.45, 7) is 1.20. The van der Waals surface area contributed by atoms with Gasteiger partial charge in [0.2, 0.25) is 6.41 Å². The molecular weight excluding hydrogens is 134 g/mol. The SMILES string of the molecule is O=CNCC1(O)CCOC1. The van der Waals surface area contributed by atoms with Gasteiger partial charge in [0.25, 0.3) is 0 Å². The van der Waals surface area contributed by atoms with Gasteiger partial charge in [-0.15, -0.1) is 0 Å². The molecule has 1 aliphatic heterocycles. The Morgan fingerprint density at radius 3 is 3.10 bits per heavy atom. The third-order valence-electron chi connectivity index (χ3n) is 1.60. The zero-order chi connectivity index (χ0) is 7.45. The van der Waals surface area contributed by atoms with Gasteiger partial charge in [-0.05, 0) is 0 Å². The van der Waals surface area contributed by atoms with Gasteiger partial charge in [-0.1, -0.05) is 0 Å². The highest BCUT2D eigenvalue weighted by Crippen LogP contribution is 2.16. The molecule has 0 aliphatic carbocycles. The molecule has 0 bridgehead atoms. The number of hydrogen-bond donors (Lipinski definition) is 2. The fourth-order valence-electron chi connectivity index (χ4n) is 0.968. The molecule has 4 heteroatoms. The minimum atomic E-state index is -0.819. The van der Waals surface area contributed by atoms with E-state index in [1.165, 1.54) is 0 Å². The predicted octanol–water partition coefficient (Wildman–Crippen LogP) is -1.12. The second-order valence-electron chi connectivity index (χ2n) is 2.53. The fourth-order valence-corrected chi connectivity index (χ4v) is 0.968. The van der Waals surface area contributed by atoms with Crippen molar-refractivity contribution in [3.8, 4) is 0 Å². The van der Waals surface area contributed by atoms with E-state index in [0.717, 1.165) is 0 Å². The van der Waals surface area contributed by atoms with E-state index in [-0.39, 0.29) is 6.54 Å². The van der Waals surface area contributed by atoms with Crippen LogP contribution in [-0.2, 0) is 9.53 Å². The van der Waals surface area contributed by atoms with Crippen molar-refractivity contribution in [1.82, 2.24) is 5.32 Å². The Hall–Kier alpha value is -0.610. The Balaban J connectivity index is 2.28. The molecule has 0 aromatic rings. The van der Waals surface area contributed by atoms with Crippen molar-refractivity contribution in [3.05, 3.63) is 0 Å². The van der Waals surface area contributed by atoms with E-state index in [4.69, 9.17) is 4.74 Å². The number of aliphatic hydroxyl groups is 1. The van der Waals surface area contributed by atoms with Gasteiger partial charge in [0.05, 0.1) is 6.61 Å². The van der Waals surface area contributed by atoms with Crippen molar-refractivity contribution >= 4 is 6.41 Å². The van der Waals surface area contributed by atoms with Crippen molar-refractivity contribution in [2.24, 2.45) is 0 Å². The van der Waals surface area contributed by atoms with E-state index >= 15 is 0 Å². The molecular formula is C6H11NO3. The normalized spacial score (nSPS) is 32.1. The molecule has 10 heavy (non-hydrogen) atoms. The molecule has 1 saturated heterocycles. The molecule has 1 unspecified atom stereocenters. The van der Waals surface area contributed by atoms with Gasteiger partial charge in [0.15, 0.2) is 0 Å². The maximum absolute atomic E-state index is 9.84. The summed E-state index contributed by atoms with van der Waals surface area (Å²) in [4.78, 5) is 9.84. The lowest BCUT2D eigenvalue weighted by atomic mass is 10.0. The van der Waals surface area contributed by atoms with Crippen LogP contribution in [0.4, 0.5) is 0 Å². The van der Waals surface area contributed by atoms with Crippen LogP contribution in [0.1, 0.15) is 6.42 Å². The molecule has 1 amide bonds. The van der Waals surface area contributed by atoms with Crippen molar-refractivity contribution in [1.29, 1.82) is 0 Å². The Morgan fingerprint density at radius 1 is 1.80 bits per heavy atom. The summed E-state index contributed by atoms with van der Waals surface area (Å²) in [5.41, 5.74) is -0.819. The van der Waals surface area contributed by atoms with Crippen LogP contribution in [0.3, 0.4) is 0 Å². The second kappa shape index (κ2) is 2.98. The van der Waals surface area contributed by atoms with Crippen molar-refractivity contribution in [2.75, 3.05) is 19.8 Å². The third kappa shape index (κ3) is 1.68. The topological polar surface area (TPSA) is 58.6 Å². The average Bonchev–Trinajstić information content (AvgIpc) is 2.33. The monoisotopic (exact) mass is 145 g/mol. The lowest BCUT2D eigenvalue weighted by Gasteiger charge is -2.18. The Kier molecular flexibility index (Phi) is 2.24. The average molecular weight is 145 g/mol. The number of ether oxygens (including phenoxy) is 1. The summed E-state index contributed by atoms with van der Waals surface area (Å²) in [6.07, 6.45) is 1.18. The highest BCUT2D eigenvalue weighted by Gasteiger charge is 2.31. The van der Waals surface area contributed by atoms with Crippen LogP contribution in [0, 0.1) is 0 Å². The predicted molar refractivity (Wildman–Crippen MR) is 34.5 cm³/mol. The van der Waals surface area contributed by atoms with Gasteiger partial charge >= 0.3 is 0 Å². The summed E-state index contributed by atoms with van der Waals surface area (Å²) in [5.74, 6) is 0. The van der Waals surface area contributed by atoms with Gasteiger partial charge in [0, 0.05) is 19.6 Å². The minimum Gasteiger partial charge on any atom is -0.386 e. The Morgan fingerprint density at radius 2 is 2.60 bits per heavy atom. The number of carbonyl (C=O) groups is 1. The van der Waals surface area contributed by atoms with Gasteiger partial charge in [-0.3, -0.25) is 4.79 Å². The third-order valence-corrected chi connectivity index (χ3v) is 1.60. The molecule has 0 aromatic carbocycles. The van der Waals surface area contributed by atoms with E-state index in [1.807, 2.05) is 0 Å². The Bertz CT molecular complexity index is 120. The smallest absolute Gasteiger partial charge is 0.207 e. The molecule has 1 fully saturated rings. The van der Waals surface area contributed by atoms with Crippen LogP contribution >= 0.6 is 0 Å². The molecule has 1 heterocycles. The summed E-state index contributed by atoms with van der Waals surface area (Å²) in [5, 5.41) is 11.9.